The van der Waals surface area contributed by atoms with E-state index >= 15 is 0 Å². The van der Waals surface area contributed by atoms with E-state index in [0.29, 0.717) is 22.0 Å². The van der Waals surface area contributed by atoms with Crippen molar-refractivity contribution in [2.75, 3.05) is 0 Å². The summed E-state index contributed by atoms with van der Waals surface area (Å²) in [6.45, 7) is 1.82. The van der Waals surface area contributed by atoms with Gasteiger partial charge in [-0.15, -0.1) is 6.42 Å². The highest BCUT2D eigenvalue weighted by atomic mass is 16.6. The van der Waals surface area contributed by atoms with E-state index in [4.69, 9.17) is 11.5 Å². The summed E-state index contributed by atoms with van der Waals surface area (Å²) in [5.41, 5.74) is 2.49. The molecule has 1 N–H and O–H groups in total. The first-order chi connectivity index (χ1) is 9.86. The Kier molecular flexibility index (Phi) is 3.68. The molecular formula is C15H14N2O4. The number of fused-ring (bicyclic) bond motifs is 1. The van der Waals surface area contributed by atoms with Crippen LogP contribution in [0.15, 0.2) is 12.1 Å². The molecule has 21 heavy (non-hydrogen) atoms. The average Bonchev–Trinajstić information content (AvgIpc) is 2.68. The molecule has 2 rings (SSSR count). The van der Waals surface area contributed by atoms with Crippen LogP contribution in [0.2, 0.25) is 0 Å². The lowest BCUT2D eigenvalue weighted by molar-refractivity contribution is -0.383. The van der Waals surface area contributed by atoms with Crippen LogP contribution in [-0.4, -0.2) is 20.6 Å². The largest absolute Gasteiger partial charge is 0.481 e. The van der Waals surface area contributed by atoms with Crippen LogP contribution in [0.4, 0.5) is 5.69 Å². The van der Waals surface area contributed by atoms with Crippen molar-refractivity contribution in [1.82, 2.24) is 4.57 Å². The number of terminal acetylenes is 1. The van der Waals surface area contributed by atoms with Gasteiger partial charge >= 0.3 is 5.97 Å². The van der Waals surface area contributed by atoms with Gasteiger partial charge in [0.2, 0.25) is 0 Å². The molecule has 0 saturated carbocycles. The molecule has 0 unspecified atom stereocenters. The summed E-state index contributed by atoms with van der Waals surface area (Å²) in [4.78, 5) is 21.6. The number of carboxylic acids is 1. The molecule has 0 bridgehead atoms. The van der Waals surface area contributed by atoms with Gasteiger partial charge in [-0.2, -0.15) is 0 Å². The van der Waals surface area contributed by atoms with E-state index in [1.165, 1.54) is 6.07 Å². The van der Waals surface area contributed by atoms with Gasteiger partial charge in [0.15, 0.2) is 0 Å². The molecule has 6 nitrogen and oxygen atoms in total. The fourth-order valence-corrected chi connectivity index (χ4v) is 2.51. The molecule has 0 fully saturated rings. The number of nitro groups is 1. The summed E-state index contributed by atoms with van der Waals surface area (Å²) >= 11 is 0. The zero-order valence-electron chi connectivity index (χ0n) is 11.7. The maximum absolute atomic E-state index is 11.3. The fourth-order valence-electron chi connectivity index (χ4n) is 2.51. The number of nitrogens with zero attached hydrogens (tertiary/aromatic N) is 2. The number of aromatic nitrogens is 1. The van der Waals surface area contributed by atoms with Crippen molar-refractivity contribution in [3.63, 3.8) is 0 Å². The van der Waals surface area contributed by atoms with Crippen molar-refractivity contribution >= 4 is 22.6 Å². The highest BCUT2D eigenvalue weighted by Crippen LogP contribution is 2.34. The number of aryl methyl sites for hydroxylation is 2. The molecule has 0 aliphatic carbocycles. The average molecular weight is 286 g/mol. The molecule has 0 atom stereocenters. The number of rotatable bonds is 4. The Bertz CT molecular complexity index is 796. The lowest BCUT2D eigenvalue weighted by Gasteiger charge is -2.01. The second-order valence-corrected chi connectivity index (χ2v) is 4.81. The number of nitro benzene ring substituents is 1. The Balaban J connectivity index is 2.80. The minimum atomic E-state index is -0.936. The van der Waals surface area contributed by atoms with E-state index in [-0.39, 0.29) is 18.5 Å². The molecule has 0 aliphatic heterocycles. The molecule has 1 aromatic heterocycles. The van der Waals surface area contributed by atoms with Crippen LogP contribution in [0.25, 0.3) is 10.9 Å². The Morgan fingerprint density at radius 1 is 1.52 bits per heavy atom. The van der Waals surface area contributed by atoms with Crippen molar-refractivity contribution in [3.8, 4) is 12.3 Å². The summed E-state index contributed by atoms with van der Waals surface area (Å²) in [5, 5.41) is 20.6. The van der Waals surface area contributed by atoms with Crippen molar-refractivity contribution in [2.45, 2.75) is 19.8 Å². The highest BCUT2D eigenvalue weighted by Gasteiger charge is 2.22. The number of non-ortho nitro benzene ring substituents is 1. The third kappa shape index (κ3) is 2.46. The van der Waals surface area contributed by atoms with Gasteiger partial charge in [0.05, 0.1) is 15.8 Å². The lowest BCUT2D eigenvalue weighted by atomic mass is 10.0. The molecule has 1 aromatic carbocycles. The predicted octanol–water partition coefficient (Wildman–Crippen LogP) is 2.39. The van der Waals surface area contributed by atoms with Crippen molar-refractivity contribution in [1.29, 1.82) is 0 Å². The van der Waals surface area contributed by atoms with Gasteiger partial charge in [0.25, 0.3) is 5.69 Å². The lowest BCUT2D eigenvalue weighted by Crippen LogP contribution is -1.99. The Hall–Kier alpha value is -2.81. The molecule has 1 heterocycles. The van der Waals surface area contributed by atoms with Gasteiger partial charge in [-0.25, -0.2) is 0 Å². The van der Waals surface area contributed by atoms with E-state index in [0.717, 1.165) is 5.69 Å². The van der Waals surface area contributed by atoms with Gasteiger partial charge in [0.1, 0.15) is 0 Å². The normalized spacial score (nSPS) is 10.5. The maximum Gasteiger partial charge on any atom is 0.303 e. The van der Waals surface area contributed by atoms with E-state index in [1.54, 1.807) is 17.7 Å². The topological polar surface area (TPSA) is 85.4 Å². The third-order valence-corrected chi connectivity index (χ3v) is 3.65. The van der Waals surface area contributed by atoms with Crippen LogP contribution < -0.4 is 0 Å². The van der Waals surface area contributed by atoms with E-state index in [1.807, 2.05) is 6.92 Å². The fraction of sp³-hybridized carbons (Fsp3) is 0.267. The van der Waals surface area contributed by atoms with E-state index in [2.05, 4.69) is 5.92 Å². The molecule has 6 heteroatoms. The molecule has 108 valence electrons. The van der Waals surface area contributed by atoms with Crippen LogP contribution in [0.5, 0.6) is 0 Å². The van der Waals surface area contributed by atoms with Gasteiger partial charge in [-0.1, -0.05) is 5.92 Å². The smallest absolute Gasteiger partial charge is 0.303 e. The molecule has 0 saturated heterocycles. The summed E-state index contributed by atoms with van der Waals surface area (Å²) in [6.07, 6.45) is 5.51. The SMILES string of the molecule is C#Cc1cc([N+](=O)[O-])c2c(CCC(=O)O)c(C)n(C)c2c1. The first-order valence-corrected chi connectivity index (χ1v) is 6.31. The van der Waals surface area contributed by atoms with Crippen LogP contribution in [0.3, 0.4) is 0 Å². The number of hydrogen-bond acceptors (Lipinski definition) is 3. The van der Waals surface area contributed by atoms with Crippen molar-refractivity contribution in [3.05, 3.63) is 39.1 Å². The second-order valence-electron chi connectivity index (χ2n) is 4.81. The Morgan fingerprint density at radius 3 is 2.71 bits per heavy atom. The van der Waals surface area contributed by atoms with Crippen LogP contribution in [-0.2, 0) is 18.3 Å². The van der Waals surface area contributed by atoms with E-state index in [9.17, 15) is 14.9 Å². The number of benzene rings is 1. The summed E-state index contributed by atoms with van der Waals surface area (Å²) in [7, 11) is 1.78. The van der Waals surface area contributed by atoms with Crippen LogP contribution in [0, 0.1) is 29.4 Å². The first-order valence-electron chi connectivity index (χ1n) is 6.31. The maximum atomic E-state index is 11.3. The van der Waals surface area contributed by atoms with Crippen molar-refractivity contribution in [2.24, 2.45) is 7.05 Å². The zero-order chi connectivity index (χ0) is 15.7. The number of carboxylic acid groups (broad SMARTS) is 1. The molecule has 2 aromatic rings. The summed E-state index contributed by atoms with van der Waals surface area (Å²) in [5.74, 6) is 1.47. The Morgan fingerprint density at radius 2 is 2.19 bits per heavy atom. The highest BCUT2D eigenvalue weighted by molar-refractivity contribution is 5.95. The molecule has 0 spiro atoms. The summed E-state index contributed by atoms with van der Waals surface area (Å²) in [6, 6.07) is 3.06. The first kappa shape index (κ1) is 14.6. The van der Waals surface area contributed by atoms with Crippen molar-refractivity contribution < 1.29 is 14.8 Å². The molecule has 0 radical (unpaired) electrons. The Labute approximate surface area is 121 Å². The summed E-state index contributed by atoms with van der Waals surface area (Å²) < 4.78 is 1.81. The third-order valence-electron chi connectivity index (χ3n) is 3.65. The second kappa shape index (κ2) is 5.29. The van der Waals surface area contributed by atoms with Gasteiger partial charge in [-0.05, 0) is 25.0 Å². The van der Waals surface area contributed by atoms with Gasteiger partial charge in [0, 0.05) is 30.8 Å². The number of aliphatic carboxylic acids is 1. The quantitative estimate of drug-likeness (QED) is 0.531. The predicted molar refractivity (Wildman–Crippen MR) is 78.2 cm³/mol. The van der Waals surface area contributed by atoms with Crippen LogP contribution in [0.1, 0.15) is 23.2 Å². The van der Waals surface area contributed by atoms with Gasteiger partial charge in [-0.3, -0.25) is 14.9 Å². The monoisotopic (exact) mass is 286 g/mol. The molecule has 0 aliphatic rings. The van der Waals surface area contributed by atoms with Crippen LogP contribution >= 0.6 is 0 Å². The minimum absolute atomic E-state index is 0.0754. The molecular weight excluding hydrogens is 272 g/mol. The van der Waals surface area contributed by atoms with Gasteiger partial charge < -0.3 is 9.67 Å². The van der Waals surface area contributed by atoms with E-state index < -0.39 is 10.9 Å². The number of carbonyl (C=O) groups is 1. The molecule has 0 amide bonds. The minimum Gasteiger partial charge on any atom is -0.481 e. The zero-order valence-corrected chi connectivity index (χ0v) is 11.7. The number of hydrogen-bond donors (Lipinski definition) is 1. The standard InChI is InChI=1S/C15H14N2O4/c1-4-10-7-12-15(13(8-10)17(20)21)11(5-6-14(18)19)9(2)16(12)3/h1,7-8H,5-6H2,2-3H3,(H,18,19).